The van der Waals surface area contributed by atoms with Gasteiger partial charge in [0.15, 0.2) is 0 Å². The smallest absolute Gasteiger partial charge is 0.0784 e. The summed E-state index contributed by atoms with van der Waals surface area (Å²) >= 11 is 0. The monoisotopic (exact) mass is 434 g/mol. The highest BCUT2D eigenvalue weighted by Crippen LogP contribution is 2.33. The van der Waals surface area contributed by atoms with E-state index in [1.165, 1.54) is 43.4 Å². The van der Waals surface area contributed by atoms with E-state index in [9.17, 15) is 10.2 Å². The van der Waals surface area contributed by atoms with E-state index in [0.717, 1.165) is 24.0 Å². The van der Waals surface area contributed by atoms with Crippen LogP contribution in [0.2, 0.25) is 39.3 Å². The van der Waals surface area contributed by atoms with Crippen LogP contribution in [0.25, 0.3) is 10.8 Å². The van der Waals surface area contributed by atoms with Crippen molar-refractivity contribution in [2.24, 2.45) is 0 Å². The van der Waals surface area contributed by atoms with Crippen LogP contribution in [-0.4, -0.2) is 26.4 Å². The molecule has 0 saturated heterocycles. The minimum absolute atomic E-state index is 0.0187. The summed E-state index contributed by atoms with van der Waals surface area (Å²) in [5.74, 6) is 0. The van der Waals surface area contributed by atoms with Crippen LogP contribution in [0, 0.1) is 0 Å². The molecule has 0 radical (unpaired) electrons. The predicted molar refractivity (Wildman–Crippen MR) is 134 cm³/mol. The maximum absolute atomic E-state index is 10.4. The van der Waals surface area contributed by atoms with E-state index in [-0.39, 0.29) is 13.2 Å². The molecule has 0 unspecified atom stereocenters. The SMILES string of the molecule is C[Si](C)(C)c1c(CO)c(CO)c([Si](C)(C)C)c2c1Cc1cc3ccccc3cc1C2. The third-order valence-corrected chi connectivity index (χ3v) is 10.8. The molecule has 0 atom stereocenters. The van der Waals surface area contributed by atoms with Crippen LogP contribution in [0.5, 0.6) is 0 Å². The molecule has 2 N–H and O–H groups in total. The van der Waals surface area contributed by atoms with Gasteiger partial charge in [0.1, 0.15) is 0 Å². The topological polar surface area (TPSA) is 40.5 Å². The lowest BCUT2D eigenvalue weighted by Crippen LogP contribution is -2.52. The Balaban J connectivity index is 2.08. The summed E-state index contributed by atoms with van der Waals surface area (Å²) < 4.78 is 0. The van der Waals surface area contributed by atoms with Crippen molar-refractivity contribution in [2.75, 3.05) is 0 Å². The second-order valence-electron chi connectivity index (χ2n) is 10.8. The molecule has 1 aliphatic carbocycles. The average molecular weight is 435 g/mol. The van der Waals surface area contributed by atoms with Crippen molar-refractivity contribution in [1.82, 2.24) is 0 Å². The first-order chi connectivity index (χ1) is 14.1. The van der Waals surface area contributed by atoms with E-state index in [2.05, 4.69) is 75.7 Å². The van der Waals surface area contributed by atoms with Gasteiger partial charge in [-0.1, -0.05) is 86.1 Å². The highest BCUT2D eigenvalue weighted by molar-refractivity contribution is 6.91. The molecule has 0 aromatic heterocycles. The van der Waals surface area contributed by atoms with Gasteiger partial charge in [-0.05, 0) is 57.0 Å². The zero-order valence-electron chi connectivity index (χ0n) is 19.2. The fraction of sp³-hybridized carbons (Fsp3) is 0.385. The third-order valence-electron chi connectivity index (χ3n) is 6.55. The zero-order chi connectivity index (χ0) is 21.8. The van der Waals surface area contributed by atoms with Gasteiger partial charge in [-0.25, -0.2) is 0 Å². The largest absolute Gasteiger partial charge is 0.392 e. The number of rotatable bonds is 4. The molecule has 0 spiro atoms. The van der Waals surface area contributed by atoms with E-state index < -0.39 is 16.1 Å². The van der Waals surface area contributed by atoms with Crippen molar-refractivity contribution in [1.29, 1.82) is 0 Å². The van der Waals surface area contributed by atoms with E-state index >= 15 is 0 Å². The van der Waals surface area contributed by atoms with Crippen LogP contribution in [-0.2, 0) is 26.1 Å². The maximum atomic E-state index is 10.4. The minimum atomic E-state index is -1.74. The van der Waals surface area contributed by atoms with Crippen LogP contribution >= 0.6 is 0 Å². The van der Waals surface area contributed by atoms with Gasteiger partial charge in [0.05, 0.1) is 29.4 Å². The van der Waals surface area contributed by atoms with Gasteiger partial charge >= 0.3 is 0 Å². The van der Waals surface area contributed by atoms with Crippen LogP contribution < -0.4 is 10.4 Å². The molecular weight excluding hydrogens is 400 g/mol. The predicted octanol–water partition coefficient (Wildman–Crippen LogP) is 4.41. The molecular formula is C26H34O2Si2. The van der Waals surface area contributed by atoms with E-state index in [4.69, 9.17) is 0 Å². The van der Waals surface area contributed by atoms with Gasteiger partial charge in [0.2, 0.25) is 0 Å². The quantitative estimate of drug-likeness (QED) is 0.467. The van der Waals surface area contributed by atoms with Gasteiger partial charge in [0, 0.05) is 0 Å². The lowest BCUT2D eigenvalue weighted by Gasteiger charge is -2.37. The summed E-state index contributed by atoms with van der Waals surface area (Å²) in [6.45, 7) is 14.2. The normalized spacial score (nSPS) is 14.0. The van der Waals surface area contributed by atoms with Crippen molar-refractivity contribution in [3.05, 3.63) is 69.8 Å². The summed E-state index contributed by atoms with van der Waals surface area (Å²) in [5.41, 5.74) is 7.80. The van der Waals surface area contributed by atoms with Crippen molar-refractivity contribution in [2.45, 2.75) is 65.3 Å². The summed E-state index contributed by atoms with van der Waals surface area (Å²) in [4.78, 5) is 0. The first-order valence-corrected chi connectivity index (χ1v) is 18.0. The number of aliphatic hydroxyl groups is 2. The molecule has 0 bridgehead atoms. The average Bonchev–Trinajstić information content (AvgIpc) is 2.67. The Morgan fingerprint density at radius 3 is 1.33 bits per heavy atom. The van der Waals surface area contributed by atoms with E-state index in [1.54, 1.807) is 0 Å². The lowest BCUT2D eigenvalue weighted by molar-refractivity contribution is 0.261. The van der Waals surface area contributed by atoms with Crippen molar-refractivity contribution in [3.63, 3.8) is 0 Å². The molecule has 0 heterocycles. The van der Waals surface area contributed by atoms with Gasteiger partial charge in [-0.15, -0.1) is 0 Å². The molecule has 0 amide bonds. The van der Waals surface area contributed by atoms with Crippen molar-refractivity contribution in [3.8, 4) is 0 Å². The Hall–Kier alpha value is -1.73. The van der Waals surface area contributed by atoms with Gasteiger partial charge in [-0.3, -0.25) is 0 Å². The summed E-state index contributed by atoms with van der Waals surface area (Å²) in [7, 11) is -3.48. The summed E-state index contributed by atoms with van der Waals surface area (Å²) in [6, 6.07) is 13.4. The van der Waals surface area contributed by atoms with Crippen LogP contribution in [0.1, 0.15) is 33.4 Å². The fourth-order valence-corrected chi connectivity index (χ4v) is 10.1. The van der Waals surface area contributed by atoms with Crippen LogP contribution in [0.3, 0.4) is 0 Å². The zero-order valence-corrected chi connectivity index (χ0v) is 21.2. The number of hydrogen-bond acceptors (Lipinski definition) is 2. The number of fused-ring (bicyclic) bond motifs is 3. The molecule has 0 fully saturated rings. The molecule has 1 aliphatic rings. The first-order valence-electron chi connectivity index (χ1n) is 11.0. The molecule has 3 aromatic carbocycles. The molecule has 2 nitrogen and oxygen atoms in total. The highest BCUT2D eigenvalue weighted by Gasteiger charge is 2.36. The van der Waals surface area contributed by atoms with E-state index in [1.807, 2.05) is 0 Å². The Bertz CT molecular complexity index is 1050. The van der Waals surface area contributed by atoms with Crippen molar-refractivity contribution < 1.29 is 10.2 Å². The molecule has 4 heteroatoms. The Kier molecular flexibility index (Phi) is 5.34. The Morgan fingerprint density at radius 1 is 0.667 bits per heavy atom. The Morgan fingerprint density at radius 2 is 1.03 bits per heavy atom. The third kappa shape index (κ3) is 3.50. The maximum Gasteiger partial charge on any atom is 0.0784 e. The van der Waals surface area contributed by atoms with E-state index in [0.29, 0.717) is 0 Å². The molecule has 3 aromatic rings. The van der Waals surface area contributed by atoms with Crippen LogP contribution in [0.15, 0.2) is 36.4 Å². The lowest BCUT2D eigenvalue weighted by atomic mass is 9.82. The second kappa shape index (κ2) is 7.45. The van der Waals surface area contributed by atoms with Crippen molar-refractivity contribution >= 4 is 37.3 Å². The fourth-order valence-electron chi connectivity index (χ4n) is 5.56. The molecule has 4 rings (SSSR count). The van der Waals surface area contributed by atoms with Gasteiger partial charge in [-0.2, -0.15) is 0 Å². The molecule has 0 saturated carbocycles. The molecule has 158 valence electrons. The first kappa shape index (κ1) is 21.5. The van der Waals surface area contributed by atoms with Crippen LogP contribution in [0.4, 0.5) is 0 Å². The number of hydrogen-bond donors (Lipinski definition) is 2. The van der Waals surface area contributed by atoms with Gasteiger partial charge in [0.25, 0.3) is 0 Å². The number of benzene rings is 3. The van der Waals surface area contributed by atoms with Gasteiger partial charge < -0.3 is 10.2 Å². The second-order valence-corrected chi connectivity index (χ2v) is 20.8. The standard InChI is InChI=1S/C26H34O2Si2/c1-29(2,3)25-21-13-19-11-17-9-7-8-10-18(17)12-20(19)14-22(21)26(30(4,5)6)24(16-28)23(25)15-27/h7-12,27-28H,13-16H2,1-6H3. The number of aliphatic hydroxyl groups excluding tert-OH is 2. The summed E-state index contributed by atoms with van der Waals surface area (Å²) in [6.07, 6.45) is 1.87. The minimum Gasteiger partial charge on any atom is -0.392 e. The molecule has 0 aliphatic heterocycles. The Labute approximate surface area is 182 Å². The highest BCUT2D eigenvalue weighted by atomic mass is 28.3. The summed E-state index contributed by atoms with van der Waals surface area (Å²) in [5, 5.41) is 26.3. The molecule has 30 heavy (non-hydrogen) atoms.